The Hall–Kier alpha value is -3.26. The number of ether oxygens (including phenoxy) is 1. The fraction of sp³-hybridized carbons (Fsp3) is 0.600. The lowest BCUT2D eigenvalue weighted by Gasteiger charge is -2.37. The van der Waals surface area contributed by atoms with Crippen LogP contribution < -0.4 is 4.74 Å². The minimum atomic E-state index is -1.05. The van der Waals surface area contributed by atoms with E-state index >= 15 is 0 Å². The van der Waals surface area contributed by atoms with E-state index < -0.39 is 29.9 Å². The Morgan fingerprint density at radius 1 is 0.711 bits per heavy atom. The minimum Gasteiger partial charge on any atom is -0.494 e. The van der Waals surface area contributed by atoms with Crippen LogP contribution in [0.4, 0.5) is 0 Å². The highest BCUT2D eigenvalue weighted by Gasteiger charge is 2.27. The van der Waals surface area contributed by atoms with Crippen molar-refractivity contribution in [2.24, 2.45) is 0 Å². The van der Waals surface area contributed by atoms with Crippen LogP contribution in [0.3, 0.4) is 0 Å². The molecule has 13 heteroatoms. The monoisotopic (exact) mass is 538 g/mol. The Morgan fingerprint density at radius 3 is 1.63 bits per heavy atom. The summed E-state index contributed by atoms with van der Waals surface area (Å²) in [5.74, 6) is -3.46. The number of carboxylic acid groups (broad SMARTS) is 4. The van der Waals surface area contributed by atoms with Crippen LogP contribution in [0.15, 0.2) is 24.3 Å². The number of carboxylic acids is 4. The number of hydrogen-bond acceptors (Lipinski definition) is 9. The molecule has 38 heavy (non-hydrogen) atoms. The third kappa shape index (κ3) is 11.9. The van der Waals surface area contributed by atoms with Gasteiger partial charge in [-0.15, -0.1) is 0 Å². The Morgan fingerprint density at radius 2 is 1.16 bits per heavy atom. The molecule has 1 aromatic rings. The van der Waals surface area contributed by atoms with Crippen LogP contribution in [0.1, 0.15) is 12.5 Å². The highest BCUT2D eigenvalue weighted by molar-refractivity contribution is 5.70. The predicted molar refractivity (Wildman–Crippen MR) is 137 cm³/mol. The maximum atomic E-state index is 11.8. The molecule has 1 aromatic carbocycles. The lowest BCUT2D eigenvalue weighted by atomic mass is 10.0. The van der Waals surface area contributed by atoms with Gasteiger partial charge in [-0.05, 0) is 31.0 Å². The lowest BCUT2D eigenvalue weighted by molar-refractivity contribution is -0.142. The zero-order valence-electron chi connectivity index (χ0n) is 21.7. The molecule has 1 aliphatic heterocycles. The number of aliphatic carboxylic acids is 4. The molecule has 13 nitrogen and oxygen atoms in total. The molecule has 0 amide bonds. The lowest BCUT2D eigenvalue weighted by Crippen LogP contribution is -2.53. The Labute approximate surface area is 221 Å². The molecule has 1 aliphatic rings. The highest BCUT2D eigenvalue weighted by atomic mass is 16.5. The Balaban J connectivity index is 2.38. The second-order valence-corrected chi connectivity index (χ2v) is 9.27. The van der Waals surface area contributed by atoms with Crippen molar-refractivity contribution >= 4 is 23.9 Å². The molecule has 0 unspecified atom stereocenters. The van der Waals surface area contributed by atoms with Gasteiger partial charge >= 0.3 is 23.9 Å². The Bertz CT molecular complexity index is 928. The number of nitrogens with zero attached hydrogens (tertiary/aromatic N) is 4. The molecule has 2 rings (SSSR count). The normalized spacial score (nSPS) is 19.2. The quantitative estimate of drug-likeness (QED) is 0.270. The Kier molecular flexibility index (Phi) is 12.9. The largest absolute Gasteiger partial charge is 0.494 e. The van der Waals surface area contributed by atoms with Crippen LogP contribution in [0.5, 0.6) is 5.75 Å². The van der Waals surface area contributed by atoms with Crippen LogP contribution in [0.2, 0.25) is 0 Å². The van der Waals surface area contributed by atoms with Gasteiger partial charge in [0.25, 0.3) is 0 Å². The number of benzene rings is 1. The van der Waals surface area contributed by atoms with E-state index in [-0.39, 0.29) is 72.0 Å². The van der Waals surface area contributed by atoms with Gasteiger partial charge in [0.05, 0.1) is 32.8 Å². The third-order valence-corrected chi connectivity index (χ3v) is 6.27. The minimum absolute atomic E-state index is 0.229. The molecule has 212 valence electrons. The first-order valence-electron chi connectivity index (χ1n) is 12.6. The van der Waals surface area contributed by atoms with Gasteiger partial charge in [0.2, 0.25) is 0 Å². The summed E-state index contributed by atoms with van der Waals surface area (Å²) in [4.78, 5) is 53.0. The summed E-state index contributed by atoms with van der Waals surface area (Å²) in [7, 11) is 0. The van der Waals surface area contributed by atoms with Gasteiger partial charge in [-0.1, -0.05) is 12.1 Å². The molecule has 0 aliphatic carbocycles. The average Bonchev–Trinajstić information content (AvgIpc) is 2.82. The maximum Gasteiger partial charge on any atom is 0.317 e. The molecule has 0 radical (unpaired) electrons. The first kappa shape index (κ1) is 31.0. The summed E-state index contributed by atoms with van der Waals surface area (Å²) in [6.07, 6.45) is 0.424. The summed E-state index contributed by atoms with van der Waals surface area (Å²) in [6, 6.07) is 7.01. The van der Waals surface area contributed by atoms with Crippen LogP contribution in [-0.2, 0) is 25.6 Å². The summed E-state index contributed by atoms with van der Waals surface area (Å²) in [5.41, 5.74) is 0.908. The van der Waals surface area contributed by atoms with E-state index in [9.17, 15) is 39.6 Å². The van der Waals surface area contributed by atoms with E-state index in [1.165, 1.54) is 0 Å². The smallest absolute Gasteiger partial charge is 0.317 e. The first-order chi connectivity index (χ1) is 18.0. The number of carbonyl (C=O) groups is 4. The topological polar surface area (TPSA) is 171 Å². The molecular weight excluding hydrogens is 500 g/mol. The van der Waals surface area contributed by atoms with Crippen LogP contribution >= 0.6 is 0 Å². The van der Waals surface area contributed by atoms with Gasteiger partial charge in [-0.2, -0.15) is 0 Å². The van der Waals surface area contributed by atoms with E-state index in [2.05, 4.69) is 0 Å². The molecule has 0 aromatic heterocycles. The molecule has 1 fully saturated rings. The third-order valence-electron chi connectivity index (χ3n) is 6.27. The fourth-order valence-electron chi connectivity index (χ4n) is 4.52. The van der Waals surface area contributed by atoms with Crippen molar-refractivity contribution in [3.05, 3.63) is 29.8 Å². The van der Waals surface area contributed by atoms with Crippen LogP contribution in [0.25, 0.3) is 0 Å². The maximum absolute atomic E-state index is 11.8. The second-order valence-electron chi connectivity index (χ2n) is 9.27. The molecule has 1 saturated heterocycles. The van der Waals surface area contributed by atoms with Crippen LogP contribution in [0, 0.1) is 0 Å². The molecule has 0 spiro atoms. The van der Waals surface area contributed by atoms with E-state index in [0.717, 1.165) is 5.56 Å². The summed E-state index contributed by atoms with van der Waals surface area (Å²) in [6.45, 7) is 3.05. The summed E-state index contributed by atoms with van der Waals surface area (Å²) >= 11 is 0. The highest BCUT2D eigenvalue weighted by Crippen LogP contribution is 2.17. The zero-order valence-corrected chi connectivity index (χ0v) is 21.7. The van der Waals surface area contributed by atoms with Gasteiger partial charge in [0.15, 0.2) is 0 Å². The fourth-order valence-corrected chi connectivity index (χ4v) is 4.52. The van der Waals surface area contributed by atoms with E-state index in [1.807, 2.05) is 31.2 Å². The molecule has 0 bridgehead atoms. The zero-order chi connectivity index (χ0) is 28.1. The SMILES string of the molecule is CCOc1ccc(C[C@H]2CN(CC(=O)O)CCN(CC(=O)O)CCN(CC(=O)O)CCN2CC(=O)O)cc1. The van der Waals surface area contributed by atoms with E-state index in [1.54, 1.807) is 19.6 Å². The van der Waals surface area contributed by atoms with Crippen molar-refractivity contribution in [2.45, 2.75) is 19.4 Å². The van der Waals surface area contributed by atoms with E-state index in [0.29, 0.717) is 18.8 Å². The second kappa shape index (κ2) is 15.9. The molecule has 1 atom stereocenters. The van der Waals surface area contributed by atoms with Crippen molar-refractivity contribution in [2.75, 3.05) is 78.6 Å². The van der Waals surface area contributed by atoms with Crippen molar-refractivity contribution < 1.29 is 44.3 Å². The standard InChI is InChI=1S/C25H38N4O9/c1-2-38-21-5-3-19(4-6-21)13-20-14-28(17-24(34)35)10-9-26(15-22(30)31)7-8-27(16-23(32)33)11-12-29(20)18-25(36)37/h3-6,20H,2,7-18H2,1H3,(H,30,31)(H,32,33)(H,34,35)(H,36,37)/t20-/m0/s1. The van der Waals surface area contributed by atoms with Crippen molar-refractivity contribution in [1.29, 1.82) is 0 Å². The number of hydrogen-bond donors (Lipinski definition) is 4. The summed E-state index contributed by atoms with van der Waals surface area (Å²) in [5, 5.41) is 37.9. The average molecular weight is 539 g/mol. The van der Waals surface area contributed by atoms with Gasteiger partial charge in [-0.25, -0.2) is 0 Å². The molecule has 0 saturated carbocycles. The van der Waals surface area contributed by atoms with Gasteiger partial charge < -0.3 is 25.2 Å². The predicted octanol–water partition coefficient (Wildman–Crippen LogP) is -0.444. The van der Waals surface area contributed by atoms with E-state index in [4.69, 9.17) is 4.74 Å². The van der Waals surface area contributed by atoms with Crippen molar-refractivity contribution in [3.63, 3.8) is 0 Å². The van der Waals surface area contributed by atoms with Gasteiger partial charge in [-0.3, -0.25) is 38.8 Å². The van der Waals surface area contributed by atoms with Gasteiger partial charge in [0.1, 0.15) is 5.75 Å². The van der Waals surface area contributed by atoms with Crippen LogP contribution in [-0.4, -0.2) is 149 Å². The molecule has 1 heterocycles. The molecular formula is C25H38N4O9. The van der Waals surface area contributed by atoms with Crippen molar-refractivity contribution in [1.82, 2.24) is 19.6 Å². The molecule has 4 N–H and O–H groups in total. The first-order valence-corrected chi connectivity index (χ1v) is 12.6. The number of rotatable bonds is 12. The van der Waals surface area contributed by atoms with Crippen molar-refractivity contribution in [3.8, 4) is 5.75 Å². The summed E-state index contributed by atoms with van der Waals surface area (Å²) < 4.78 is 5.50. The van der Waals surface area contributed by atoms with Gasteiger partial charge in [0, 0.05) is 51.9 Å².